The first kappa shape index (κ1) is 11.4. The van der Waals surface area contributed by atoms with Gasteiger partial charge in [0.25, 0.3) is 0 Å². The van der Waals surface area contributed by atoms with Crippen molar-refractivity contribution in [1.29, 1.82) is 0 Å². The molecule has 0 fully saturated rings. The van der Waals surface area contributed by atoms with E-state index in [1.54, 1.807) is 0 Å². The molecule has 1 rings (SSSR count). The number of nitrogens with two attached hydrogens (primary N) is 1. The van der Waals surface area contributed by atoms with Crippen molar-refractivity contribution in [3.63, 3.8) is 0 Å². The van der Waals surface area contributed by atoms with E-state index >= 15 is 0 Å². The van der Waals surface area contributed by atoms with Crippen LogP contribution in [0.5, 0.6) is 0 Å². The molecule has 0 atom stereocenters. The minimum Gasteiger partial charge on any atom is -0.380 e. The number of ether oxygens (including phenoxy) is 1. The van der Waals surface area contributed by atoms with E-state index in [0.29, 0.717) is 19.8 Å². The van der Waals surface area contributed by atoms with Crippen molar-refractivity contribution in [2.24, 2.45) is 0 Å². The van der Waals surface area contributed by atoms with Gasteiger partial charge in [-0.3, -0.25) is 4.79 Å². The lowest BCUT2D eigenvalue weighted by Gasteiger charge is -2.04. The summed E-state index contributed by atoms with van der Waals surface area (Å²) in [5, 5.41) is 6.47. The molecule has 0 aliphatic heterocycles. The number of carbonyl (C=O) groups excluding carboxylic acids is 1. The van der Waals surface area contributed by atoms with Gasteiger partial charge in [0.1, 0.15) is 12.9 Å². The molecule has 7 nitrogen and oxygen atoms in total. The van der Waals surface area contributed by atoms with E-state index in [0.717, 1.165) is 0 Å². The Hall–Kier alpha value is -1.63. The summed E-state index contributed by atoms with van der Waals surface area (Å²) in [5.41, 5.74) is 5.30. The first-order chi connectivity index (χ1) is 7.22. The molecule has 0 saturated heterocycles. The van der Waals surface area contributed by atoms with E-state index in [-0.39, 0.29) is 18.4 Å². The third kappa shape index (κ3) is 4.41. The average Bonchev–Trinajstić information content (AvgIpc) is 2.59. The first-order valence-corrected chi connectivity index (χ1v) is 4.71. The largest absolute Gasteiger partial charge is 0.380 e. The number of hydrogen-bond donors (Lipinski definition) is 2. The topological polar surface area (TPSA) is 95.1 Å². The predicted molar refractivity (Wildman–Crippen MR) is 53.9 cm³/mol. The number of amides is 1. The van der Waals surface area contributed by atoms with Crippen molar-refractivity contribution in [2.45, 2.75) is 13.5 Å². The number of nitrogens with one attached hydrogen (secondary N) is 1. The highest BCUT2D eigenvalue weighted by Gasteiger charge is 2.03. The number of nitrogen functional groups attached to an aromatic ring is 1. The third-order valence-electron chi connectivity index (χ3n) is 1.63. The SMILES string of the molecule is CCOCCNC(=O)Cn1cnc(N)n1. The summed E-state index contributed by atoms with van der Waals surface area (Å²) in [6, 6.07) is 0. The van der Waals surface area contributed by atoms with Crippen LogP contribution in [0.25, 0.3) is 0 Å². The normalized spacial score (nSPS) is 10.2. The molecule has 7 heteroatoms. The second-order valence-corrected chi connectivity index (χ2v) is 2.85. The standard InChI is InChI=1S/C8H15N5O2/c1-2-15-4-3-10-7(14)5-13-6-11-8(9)12-13/h6H,2-5H2,1H3,(H2,9,12)(H,10,14). The number of rotatable bonds is 6. The number of anilines is 1. The monoisotopic (exact) mass is 213 g/mol. The van der Waals surface area contributed by atoms with E-state index in [2.05, 4.69) is 15.4 Å². The molecule has 0 bridgehead atoms. The lowest BCUT2D eigenvalue weighted by molar-refractivity contribution is -0.122. The molecule has 0 spiro atoms. The maximum atomic E-state index is 11.3. The quantitative estimate of drug-likeness (QED) is 0.592. The van der Waals surface area contributed by atoms with Crippen molar-refractivity contribution in [3.8, 4) is 0 Å². The smallest absolute Gasteiger partial charge is 0.241 e. The van der Waals surface area contributed by atoms with Crippen LogP contribution in [0.1, 0.15) is 6.92 Å². The molecule has 1 amide bonds. The van der Waals surface area contributed by atoms with Crippen LogP contribution in [-0.4, -0.2) is 40.4 Å². The van der Waals surface area contributed by atoms with E-state index in [4.69, 9.17) is 10.5 Å². The summed E-state index contributed by atoms with van der Waals surface area (Å²) in [6.45, 7) is 3.68. The zero-order valence-corrected chi connectivity index (χ0v) is 8.64. The molecule has 1 aromatic heterocycles. The molecule has 0 saturated carbocycles. The Labute approximate surface area is 87.6 Å². The van der Waals surface area contributed by atoms with Gasteiger partial charge in [-0.05, 0) is 6.92 Å². The molecule has 0 aliphatic rings. The van der Waals surface area contributed by atoms with Gasteiger partial charge in [-0.15, -0.1) is 5.10 Å². The summed E-state index contributed by atoms with van der Waals surface area (Å²) < 4.78 is 6.45. The molecule has 1 heterocycles. The Balaban J connectivity index is 2.18. The van der Waals surface area contributed by atoms with Crippen LogP contribution in [0.2, 0.25) is 0 Å². The minimum atomic E-state index is -0.139. The van der Waals surface area contributed by atoms with Gasteiger partial charge in [0.15, 0.2) is 0 Å². The van der Waals surface area contributed by atoms with E-state index < -0.39 is 0 Å². The van der Waals surface area contributed by atoms with Gasteiger partial charge in [0.05, 0.1) is 6.61 Å². The van der Waals surface area contributed by atoms with Crippen LogP contribution in [0.4, 0.5) is 5.95 Å². The Morgan fingerprint density at radius 3 is 3.13 bits per heavy atom. The van der Waals surface area contributed by atoms with Crippen LogP contribution in [0.3, 0.4) is 0 Å². The second-order valence-electron chi connectivity index (χ2n) is 2.85. The minimum absolute atomic E-state index is 0.121. The molecule has 0 unspecified atom stereocenters. The summed E-state index contributed by atoms with van der Waals surface area (Å²) in [7, 11) is 0. The summed E-state index contributed by atoms with van der Waals surface area (Å²) >= 11 is 0. The number of nitrogens with zero attached hydrogens (tertiary/aromatic N) is 3. The van der Waals surface area contributed by atoms with Crippen molar-refractivity contribution in [3.05, 3.63) is 6.33 Å². The van der Waals surface area contributed by atoms with Crippen molar-refractivity contribution < 1.29 is 9.53 Å². The molecule has 0 radical (unpaired) electrons. The Morgan fingerprint density at radius 1 is 1.73 bits per heavy atom. The van der Waals surface area contributed by atoms with Crippen molar-refractivity contribution >= 4 is 11.9 Å². The molecule has 3 N–H and O–H groups in total. The Kier molecular flexibility index (Phi) is 4.55. The Morgan fingerprint density at radius 2 is 2.53 bits per heavy atom. The van der Waals surface area contributed by atoms with Gasteiger partial charge in [-0.25, -0.2) is 9.67 Å². The summed E-state index contributed by atoms with van der Waals surface area (Å²) in [5.74, 6) is 0.0247. The number of aromatic nitrogens is 3. The van der Waals surface area contributed by atoms with E-state index in [9.17, 15) is 4.79 Å². The fourth-order valence-corrected chi connectivity index (χ4v) is 0.995. The van der Waals surface area contributed by atoms with Crippen LogP contribution in [-0.2, 0) is 16.1 Å². The molecule has 1 aromatic rings. The predicted octanol–water partition coefficient (Wildman–Crippen LogP) is -0.987. The lowest BCUT2D eigenvalue weighted by Crippen LogP contribution is -2.30. The lowest BCUT2D eigenvalue weighted by atomic mass is 10.5. The highest BCUT2D eigenvalue weighted by atomic mass is 16.5. The first-order valence-electron chi connectivity index (χ1n) is 4.71. The zero-order chi connectivity index (χ0) is 11.1. The summed E-state index contributed by atoms with van der Waals surface area (Å²) in [4.78, 5) is 15.0. The molecular formula is C8H15N5O2. The van der Waals surface area contributed by atoms with Gasteiger partial charge < -0.3 is 15.8 Å². The zero-order valence-electron chi connectivity index (χ0n) is 8.64. The maximum Gasteiger partial charge on any atom is 0.241 e. The average molecular weight is 213 g/mol. The van der Waals surface area contributed by atoms with Crippen LogP contribution >= 0.6 is 0 Å². The fraction of sp³-hybridized carbons (Fsp3) is 0.625. The molecular weight excluding hydrogens is 198 g/mol. The highest BCUT2D eigenvalue weighted by molar-refractivity contribution is 5.75. The van der Waals surface area contributed by atoms with Gasteiger partial charge in [0.2, 0.25) is 11.9 Å². The van der Waals surface area contributed by atoms with E-state index in [1.807, 2.05) is 6.92 Å². The molecule has 0 aromatic carbocycles. The molecule has 0 aliphatic carbocycles. The van der Waals surface area contributed by atoms with Gasteiger partial charge in [0, 0.05) is 13.2 Å². The van der Waals surface area contributed by atoms with Gasteiger partial charge in [-0.1, -0.05) is 0 Å². The third-order valence-corrected chi connectivity index (χ3v) is 1.63. The Bertz CT molecular complexity index is 312. The van der Waals surface area contributed by atoms with Gasteiger partial charge >= 0.3 is 0 Å². The van der Waals surface area contributed by atoms with Crippen LogP contribution < -0.4 is 11.1 Å². The number of carbonyl (C=O) groups is 1. The molecule has 15 heavy (non-hydrogen) atoms. The van der Waals surface area contributed by atoms with Crippen LogP contribution in [0.15, 0.2) is 6.33 Å². The van der Waals surface area contributed by atoms with Gasteiger partial charge in [-0.2, -0.15) is 0 Å². The molecule has 84 valence electrons. The number of hydrogen-bond acceptors (Lipinski definition) is 5. The van der Waals surface area contributed by atoms with E-state index in [1.165, 1.54) is 11.0 Å². The highest BCUT2D eigenvalue weighted by Crippen LogP contribution is 1.88. The second kappa shape index (κ2) is 5.97. The van der Waals surface area contributed by atoms with Crippen LogP contribution in [0, 0.1) is 0 Å². The fourth-order valence-electron chi connectivity index (χ4n) is 0.995. The summed E-state index contributed by atoms with van der Waals surface area (Å²) in [6.07, 6.45) is 1.41. The maximum absolute atomic E-state index is 11.3. The van der Waals surface area contributed by atoms with Crippen molar-refractivity contribution in [2.75, 3.05) is 25.5 Å². The van der Waals surface area contributed by atoms with Crippen molar-refractivity contribution in [1.82, 2.24) is 20.1 Å².